The van der Waals surface area contributed by atoms with Gasteiger partial charge in [-0.05, 0) is 12.1 Å². The molecular formula is C13H15N5O2S. The fourth-order valence-electron chi connectivity index (χ4n) is 2.00. The Balaban J connectivity index is 1.78. The summed E-state index contributed by atoms with van der Waals surface area (Å²) in [6.45, 7) is 1.34. The summed E-state index contributed by atoms with van der Waals surface area (Å²) in [6, 6.07) is 5.71. The van der Waals surface area contributed by atoms with Gasteiger partial charge in [-0.2, -0.15) is 5.10 Å². The number of hydrogen-bond acceptors (Lipinski definition) is 6. The van der Waals surface area contributed by atoms with Gasteiger partial charge < -0.3 is 20.0 Å². The summed E-state index contributed by atoms with van der Waals surface area (Å²) in [7, 11) is 1.66. The second-order valence-corrected chi connectivity index (χ2v) is 5.46. The molecule has 0 atom stereocenters. The maximum absolute atomic E-state index is 11.3. The van der Waals surface area contributed by atoms with E-state index < -0.39 is 0 Å². The van der Waals surface area contributed by atoms with Gasteiger partial charge in [0.1, 0.15) is 0 Å². The lowest BCUT2D eigenvalue weighted by Gasteiger charge is -2.13. The third-order valence-electron chi connectivity index (χ3n) is 3.04. The van der Waals surface area contributed by atoms with E-state index in [2.05, 4.69) is 25.5 Å². The quantitative estimate of drug-likeness (QED) is 0.731. The number of nitrogens with one attached hydrogen (secondary N) is 3. The van der Waals surface area contributed by atoms with Crippen molar-refractivity contribution in [3.63, 3.8) is 0 Å². The summed E-state index contributed by atoms with van der Waals surface area (Å²) in [5, 5.41) is 12.4. The van der Waals surface area contributed by atoms with Crippen LogP contribution in [0.25, 0.3) is 11.0 Å². The van der Waals surface area contributed by atoms with E-state index in [1.807, 2.05) is 18.2 Å². The van der Waals surface area contributed by atoms with Crippen LogP contribution in [0, 0.1) is 0 Å². The van der Waals surface area contributed by atoms with Gasteiger partial charge >= 0.3 is 5.69 Å². The zero-order valence-corrected chi connectivity index (χ0v) is 12.3. The molecule has 1 aromatic heterocycles. The fourth-order valence-corrected chi connectivity index (χ4v) is 2.80. The first-order valence-electron chi connectivity index (χ1n) is 6.49. The van der Waals surface area contributed by atoms with Crippen LogP contribution >= 0.6 is 11.8 Å². The summed E-state index contributed by atoms with van der Waals surface area (Å²) in [4.78, 5) is 16.7. The van der Waals surface area contributed by atoms with Crippen LogP contribution in [0.15, 0.2) is 33.2 Å². The van der Waals surface area contributed by atoms with Crippen LogP contribution in [-0.4, -0.2) is 46.9 Å². The molecule has 3 rings (SSSR count). The molecule has 7 nitrogen and oxygen atoms in total. The van der Waals surface area contributed by atoms with Crippen molar-refractivity contribution >= 4 is 33.7 Å². The summed E-state index contributed by atoms with van der Waals surface area (Å²) >= 11 is 1.60. The smallest absolute Gasteiger partial charge is 0.323 e. The number of nitrogens with zero attached hydrogens (tertiary/aromatic N) is 2. The molecule has 2 heterocycles. The molecule has 0 bridgehead atoms. The highest BCUT2D eigenvalue weighted by atomic mass is 32.2. The maximum Gasteiger partial charge on any atom is 0.323 e. The highest BCUT2D eigenvalue weighted by Crippen LogP contribution is 2.17. The Morgan fingerprint density at radius 1 is 1.33 bits per heavy atom. The topological polar surface area (TPSA) is 94.6 Å². The molecule has 3 N–H and O–H groups in total. The Kier molecular flexibility index (Phi) is 4.07. The molecule has 0 radical (unpaired) electrons. The Labute approximate surface area is 124 Å². The number of imidazole rings is 1. The molecule has 0 saturated heterocycles. The third-order valence-corrected chi connectivity index (χ3v) is 3.96. The molecule has 0 aliphatic carbocycles. The van der Waals surface area contributed by atoms with Crippen molar-refractivity contribution in [1.29, 1.82) is 0 Å². The zero-order chi connectivity index (χ0) is 14.7. The molecule has 0 spiro atoms. The number of hydrogen-bond donors (Lipinski definition) is 3. The van der Waals surface area contributed by atoms with E-state index in [9.17, 15) is 4.79 Å². The molecule has 0 saturated carbocycles. The average molecular weight is 305 g/mol. The van der Waals surface area contributed by atoms with Gasteiger partial charge in [0, 0.05) is 25.0 Å². The minimum Gasteiger partial charge on any atom is -0.383 e. The van der Waals surface area contributed by atoms with Crippen molar-refractivity contribution in [3.8, 4) is 0 Å². The van der Waals surface area contributed by atoms with Crippen LogP contribution in [0.3, 0.4) is 0 Å². The van der Waals surface area contributed by atoms with Crippen molar-refractivity contribution in [2.75, 3.05) is 26.0 Å². The van der Waals surface area contributed by atoms with Crippen LogP contribution in [-0.2, 0) is 4.74 Å². The van der Waals surface area contributed by atoms with Gasteiger partial charge in [0.25, 0.3) is 0 Å². The number of amidine groups is 1. The number of benzene rings is 1. The fraction of sp³-hybridized carbons (Fsp3) is 0.308. The first-order valence-corrected chi connectivity index (χ1v) is 7.47. The van der Waals surface area contributed by atoms with Gasteiger partial charge in [-0.3, -0.25) is 0 Å². The van der Waals surface area contributed by atoms with Gasteiger partial charge in [0.2, 0.25) is 0 Å². The molecular weight excluding hydrogens is 290 g/mol. The van der Waals surface area contributed by atoms with E-state index in [0.29, 0.717) is 13.2 Å². The largest absolute Gasteiger partial charge is 0.383 e. The predicted molar refractivity (Wildman–Crippen MR) is 85.2 cm³/mol. The molecule has 0 unspecified atom stereocenters. The molecule has 1 aromatic carbocycles. The number of aromatic nitrogens is 2. The first-order chi connectivity index (χ1) is 10.3. The molecule has 110 valence electrons. The Morgan fingerprint density at radius 3 is 2.95 bits per heavy atom. The highest BCUT2D eigenvalue weighted by molar-refractivity contribution is 8.14. The third kappa shape index (κ3) is 3.17. The van der Waals surface area contributed by atoms with Gasteiger partial charge in [-0.25, -0.2) is 4.79 Å². The normalized spacial score (nSPS) is 14.9. The summed E-state index contributed by atoms with van der Waals surface area (Å²) in [6.07, 6.45) is 0. The van der Waals surface area contributed by atoms with E-state index >= 15 is 0 Å². The standard InChI is InChI=1S/C13H15N5O2S/c1-20-5-4-14-13-18-17-11(7-21-13)8-2-3-9-10(6-8)16-12(19)15-9/h2-3,6H,4-5,7H2,1H3,(H,14,18)(H2,15,16,19). The van der Waals surface area contributed by atoms with E-state index in [1.54, 1.807) is 18.9 Å². The van der Waals surface area contributed by atoms with Crippen molar-refractivity contribution in [1.82, 2.24) is 15.3 Å². The van der Waals surface area contributed by atoms with E-state index in [4.69, 9.17) is 4.74 Å². The second kappa shape index (κ2) is 6.15. The molecule has 21 heavy (non-hydrogen) atoms. The molecule has 1 aliphatic rings. The van der Waals surface area contributed by atoms with Gasteiger partial charge in [0.15, 0.2) is 5.17 Å². The number of fused-ring (bicyclic) bond motifs is 1. The molecule has 0 amide bonds. The number of H-pyrrole nitrogens is 2. The van der Waals surface area contributed by atoms with Crippen LogP contribution < -0.4 is 11.0 Å². The van der Waals surface area contributed by atoms with E-state index in [1.165, 1.54) is 0 Å². The summed E-state index contributed by atoms with van der Waals surface area (Å²) < 4.78 is 4.97. The minimum absolute atomic E-state index is 0.204. The zero-order valence-electron chi connectivity index (χ0n) is 11.5. The summed E-state index contributed by atoms with van der Waals surface area (Å²) in [5.74, 6) is 0.735. The molecule has 0 fully saturated rings. The van der Waals surface area contributed by atoms with Crippen LogP contribution in [0.4, 0.5) is 0 Å². The number of ether oxygens (including phenoxy) is 1. The lowest BCUT2D eigenvalue weighted by molar-refractivity contribution is 0.204. The first kappa shape index (κ1) is 13.9. The van der Waals surface area contributed by atoms with E-state index in [0.717, 1.165) is 33.2 Å². The molecule has 1 aliphatic heterocycles. The predicted octanol–water partition coefficient (Wildman–Crippen LogP) is 0.899. The lowest BCUT2D eigenvalue weighted by Crippen LogP contribution is -2.27. The van der Waals surface area contributed by atoms with E-state index in [-0.39, 0.29) is 5.69 Å². The SMILES string of the molecule is COCCNC1=NN=C(c2ccc3[nH]c(=O)[nH]c3c2)CS1. The minimum atomic E-state index is -0.204. The molecule has 2 aromatic rings. The second-order valence-electron chi connectivity index (χ2n) is 4.50. The lowest BCUT2D eigenvalue weighted by atomic mass is 10.1. The highest BCUT2D eigenvalue weighted by Gasteiger charge is 2.13. The Morgan fingerprint density at radius 2 is 2.19 bits per heavy atom. The number of thioether (sulfide) groups is 1. The maximum atomic E-state index is 11.3. The molecule has 8 heteroatoms. The summed E-state index contributed by atoms with van der Waals surface area (Å²) in [5.41, 5.74) is 3.22. The Hall–Kier alpha value is -2.06. The van der Waals surface area contributed by atoms with Crippen molar-refractivity contribution in [2.24, 2.45) is 10.2 Å². The van der Waals surface area contributed by atoms with Crippen LogP contribution in [0.1, 0.15) is 5.56 Å². The van der Waals surface area contributed by atoms with Crippen molar-refractivity contribution in [3.05, 3.63) is 34.2 Å². The Bertz CT molecular complexity index is 761. The number of aromatic amines is 2. The van der Waals surface area contributed by atoms with Crippen LogP contribution in [0.2, 0.25) is 0 Å². The number of rotatable bonds is 4. The average Bonchev–Trinajstić information content (AvgIpc) is 2.87. The van der Waals surface area contributed by atoms with Crippen LogP contribution in [0.5, 0.6) is 0 Å². The van der Waals surface area contributed by atoms with Crippen molar-refractivity contribution < 1.29 is 4.74 Å². The van der Waals surface area contributed by atoms with Gasteiger partial charge in [0.05, 0.1) is 23.4 Å². The van der Waals surface area contributed by atoms with Gasteiger partial charge in [-0.15, -0.1) is 5.10 Å². The number of methoxy groups -OCH3 is 1. The monoisotopic (exact) mass is 305 g/mol. The van der Waals surface area contributed by atoms with Crippen molar-refractivity contribution in [2.45, 2.75) is 0 Å². The van der Waals surface area contributed by atoms with Gasteiger partial charge in [-0.1, -0.05) is 17.8 Å².